The molecule has 0 radical (unpaired) electrons. The van der Waals surface area contributed by atoms with Crippen LogP contribution in [0.4, 0.5) is 0 Å². The molecular weight excluding hydrogens is 781 g/mol. The lowest BCUT2D eigenvalue weighted by atomic mass is 10.1. The van der Waals surface area contributed by atoms with E-state index in [1.807, 2.05) is 108 Å². The summed E-state index contributed by atoms with van der Waals surface area (Å²) in [7, 11) is 3.33. The molecule has 12 nitrogen and oxygen atoms in total. The summed E-state index contributed by atoms with van der Waals surface area (Å²) in [6.45, 7) is 1.67. The molecule has 0 bridgehead atoms. The second-order valence-electron chi connectivity index (χ2n) is 13.2. The van der Waals surface area contributed by atoms with Crippen LogP contribution in [0.1, 0.15) is 33.6 Å². The number of rotatable bonds is 16. The Kier molecular flexibility index (Phi) is 12.9. The number of carbonyl (C=O) groups is 2. The van der Waals surface area contributed by atoms with Gasteiger partial charge in [-0.1, -0.05) is 52.8 Å². The van der Waals surface area contributed by atoms with Crippen molar-refractivity contribution in [3.63, 3.8) is 0 Å². The Labute approximate surface area is 340 Å². The highest BCUT2D eigenvalue weighted by Crippen LogP contribution is 2.32. The number of carboxylic acids is 2. The van der Waals surface area contributed by atoms with Gasteiger partial charge in [0.05, 0.1) is 26.1 Å². The van der Waals surface area contributed by atoms with Gasteiger partial charge < -0.3 is 38.2 Å². The normalized spacial score (nSPS) is 11.1. The maximum absolute atomic E-state index is 11.0. The second-order valence-corrected chi connectivity index (χ2v) is 15.0. The van der Waals surface area contributed by atoms with Crippen LogP contribution in [0.2, 0.25) is 0 Å². The quantitative estimate of drug-likeness (QED) is 0.0950. The minimum atomic E-state index is -0.834. The van der Waals surface area contributed by atoms with Gasteiger partial charge in [-0.15, -0.1) is 22.7 Å². The first kappa shape index (κ1) is 39.9. The standard InChI is InChI=1S/2C22H19NO5S/c1-26-11-14-2-4-15(5-3-14)20-9-17(23-28-20)12-27-18-6-7-19-16(8-22(24)25)13-29-21(19)10-18;1-26-11-14-3-2-4-15(7-14)20-9-17(23-28-20)12-27-18-5-6-19-16(8-22(24)25)13-29-21(19)10-18/h2*2-7,9-10,13H,8,11-12H2,1H3,(H,24,25). The Bertz CT molecular complexity index is 2640. The van der Waals surface area contributed by atoms with Gasteiger partial charge in [0.1, 0.15) is 36.1 Å². The number of methoxy groups -OCH3 is 2. The molecule has 8 aromatic rings. The second kappa shape index (κ2) is 18.7. The van der Waals surface area contributed by atoms with E-state index in [2.05, 4.69) is 10.3 Å². The molecule has 4 aromatic heterocycles. The van der Waals surface area contributed by atoms with E-state index in [9.17, 15) is 9.59 Å². The van der Waals surface area contributed by atoms with E-state index in [4.69, 9.17) is 38.2 Å². The molecule has 0 aliphatic carbocycles. The van der Waals surface area contributed by atoms with Crippen LogP contribution in [0, 0.1) is 0 Å². The lowest BCUT2D eigenvalue weighted by molar-refractivity contribution is -0.137. The molecule has 0 saturated carbocycles. The topological polar surface area (TPSA) is 164 Å². The van der Waals surface area contributed by atoms with Gasteiger partial charge in [-0.3, -0.25) is 9.59 Å². The number of ether oxygens (including phenoxy) is 4. The van der Waals surface area contributed by atoms with E-state index >= 15 is 0 Å². The first-order valence-electron chi connectivity index (χ1n) is 18.0. The van der Waals surface area contributed by atoms with Crippen LogP contribution in [0.3, 0.4) is 0 Å². The fraction of sp³-hybridized carbons (Fsp3) is 0.182. The molecule has 0 saturated heterocycles. The van der Waals surface area contributed by atoms with Crippen LogP contribution in [-0.4, -0.2) is 46.7 Å². The lowest BCUT2D eigenvalue weighted by Gasteiger charge is -2.04. The molecule has 0 amide bonds. The summed E-state index contributed by atoms with van der Waals surface area (Å²) >= 11 is 3.02. The first-order valence-corrected chi connectivity index (χ1v) is 19.8. The number of nitrogens with zero attached hydrogens (tertiary/aromatic N) is 2. The zero-order chi connectivity index (χ0) is 40.4. The van der Waals surface area contributed by atoms with Crippen molar-refractivity contribution in [1.29, 1.82) is 0 Å². The summed E-state index contributed by atoms with van der Waals surface area (Å²) in [6.07, 6.45) is 0.0435. The van der Waals surface area contributed by atoms with Gasteiger partial charge in [-0.05, 0) is 86.3 Å². The van der Waals surface area contributed by atoms with E-state index < -0.39 is 11.9 Å². The average molecular weight is 819 g/mol. The van der Waals surface area contributed by atoms with Crippen LogP contribution in [-0.2, 0) is 58.3 Å². The van der Waals surface area contributed by atoms with Crippen molar-refractivity contribution in [1.82, 2.24) is 10.3 Å². The van der Waals surface area contributed by atoms with Gasteiger partial charge in [0, 0.05) is 46.9 Å². The number of aromatic nitrogens is 2. The lowest BCUT2D eigenvalue weighted by Crippen LogP contribution is -1.98. The van der Waals surface area contributed by atoms with E-state index in [1.165, 1.54) is 22.7 Å². The highest BCUT2D eigenvalue weighted by molar-refractivity contribution is 7.17. The smallest absolute Gasteiger partial charge is 0.307 e. The average Bonchev–Trinajstić information content (AvgIpc) is 4.05. The molecule has 296 valence electrons. The van der Waals surface area contributed by atoms with Crippen LogP contribution < -0.4 is 9.47 Å². The number of aliphatic carboxylic acids is 2. The van der Waals surface area contributed by atoms with Crippen LogP contribution in [0.15, 0.2) is 117 Å². The third-order valence-electron chi connectivity index (χ3n) is 8.90. The fourth-order valence-corrected chi connectivity index (χ4v) is 8.15. The summed E-state index contributed by atoms with van der Waals surface area (Å²) < 4.78 is 34.9. The summed E-state index contributed by atoms with van der Waals surface area (Å²) in [4.78, 5) is 21.9. The van der Waals surface area contributed by atoms with Crippen molar-refractivity contribution in [3.8, 4) is 34.1 Å². The van der Waals surface area contributed by atoms with Crippen molar-refractivity contribution < 1.29 is 47.8 Å². The molecule has 14 heteroatoms. The zero-order valence-corrected chi connectivity index (χ0v) is 33.1. The molecule has 4 aromatic carbocycles. The van der Waals surface area contributed by atoms with Crippen molar-refractivity contribution in [2.75, 3.05) is 14.2 Å². The van der Waals surface area contributed by atoms with E-state index in [1.54, 1.807) is 14.2 Å². The number of hydrogen-bond donors (Lipinski definition) is 2. The van der Waals surface area contributed by atoms with Gasteiger partial charge in [-0.2, -0.15) is 0 Å². The number of benzene rings is 4. The highest BCUT2D eigenvalue weighted by atomic mass is 32.1. The van der Waals surface area contributed by atoms with Crippen LogP contribution >= 0.6 is 22.7 Å². The molecule has 0 spiro atoms. The zero-order valence-electron chi connectivity index (χ0n) is 31.5. The molecular formula is C44H38N2O10S2. The minimum Gasteiger partial charge on any atom is -0.487 e. The number of fused-ring (bicyclic) bond motifs is 2. The molecule has 2 N–H and O–H groups in total. The van der Waals surface area contributed by atoms with Gasteiger partial charge in [0.15, 0.2) is 11.5 Å². The molecule has 58 heavy (non-hydrogen) atoms. The predicted molar refractivity (Wildman–Crippen MR) is 220 cm³/mol. The Morgan fingerprint density at radius 3 is 1.62 bits per heavy atom. The summed E-state index contributed by atoms with van der Waals surface area (Å²) in [5.74, 6) is 1.09. The molecule has 0 atom stereocenters. The summed E-state index contributed by atoms with van der Waals surface area (Å²) in [5.41, 5.74) is 7.05. The number of thiophene rings is 2. The Balaban J connectivity index is 0.000000177. The largest absolute Gasteiger partial charge is 0.487 e. The molecule has 0 fully saturated rings. The van der Waals surface area contributed by atoms with Gasteiger partial charge in [-0.25, -0.2) is 0 Å². The SMILES string of the molecule is COCc1ccc(-c2cc(COc3ccc4c(CC(=O)O)csc4c3)no2)cc1.COCc1cccc(-c2cc(COc3ccc4c(CC(=O)O)csc4c3)no2)c1. The number of carboxylic acid groups (broad SMARTS) is 2. The summed E-state index contributed by atoms with van der Waals surface area (Å²) in [6, 6.07) is 30.9. The molecule has 0 unspecified atom stereocenters. The monoisotopic (exact) mass is 818 g/mol. The van der Waals surface area contributed by atoms with E-state index in [-0.39, 0.29) is 26.1 Å². The molecule has 0 aliphatic rings. The third-order valence-corrected chi connectivity index (χ3v) is 10.9. The third kappa shape index (κ3) is 10.2. The Morgan fingerprint density at radius 2 is 1.10 bits per heavy atom. The van der Waals surface area contributed by atoms with Crippen LogP contribution in [0.5, 0.6) is 11.5 Å². The Morgan fingerprint density at radius 1 is 0.586 bits per heavy atom. The highest BCUT2D eigenvalue weighted by Gasteiger charge is 2.13. The predicted octanol–water partition coefficient (Wildman–Crippen LogP) is 9.82. The van der Waals surface area contributed by atoms with Gasteiger partial charge >= 0.3 is 11.9 Å². The fourth-order valence-electron chi connectivity index (χ4n) is 6.17. The maximum atomic E-state index is 11.0. The van der Waals surface area contributed by atoms with E-state index in [0.717, 1.165) is 53.6 Å². The van der Waals surface area contributed by atoms with Gasteiger partial charge in [0.2, 0.25) is 0 Å². The minimum absolute atomic E-state index is 0.0213. The summed E-state index contributed by atoms with van der Waals surface area (Å²) in [5, 5.41) is 31.8. The van der Waals surface area contributed by atoms with Crippen molar-refractivity contribution >= 4 is 54.8 Å². The maximum Gasteiger partial charge on any atom is 0.307 e. The number of hydrogen-bond acceptors (Lipinski definition) is 12. The van der Waals surface area contributed by atoms with Crippen molar-refractivity contribution in [3.05, 3.63) is 141 Å². The molecule has 0 aliphatic heterocycles. The molecule has 4 heterocycles. The van der Waals surface area contributed by atoms with Crippen molar-refractivity contribution in [2.24, 2.45) is 0 Å². The Hall–Kier alpha value is -6.32. The van der Waals surface area contributed by atoms with E-state index in [0.29, 0.717) is 47.6 Å². The van der Waals surface area contributed by atoms with Crippen molar-refractivity contribution in [2.45, 2.75) is 39.3 Å². The molecule has 8 rings (SSSR count). The van der Waals surface area contributed by atoms with Crippen LogP contribution in [0.25, 0.3) is 42.8 Å². The van der Waals surface area contributed by atoms with Gasteiger partial charge in [0.25, 0.3) is 0 Å². The first-order chi connectivity index (χ1) is 28.2.